The molecule has 20 heavy (non-hydrogen) atoms. The van der Waals surface area contributed by atoms with E-state index in [1.54, 1.807) is 18.3 Å². The molecular weight excluding hydrogens is 250 g/mol. The van der Waals surface area contributed by atoms with E-state index in [2.05, 4.69) is 10.3 Å². The molecule has 0 saturated heterocycles. The van der Waals surface area contributed by atoms with Crippen LogP contribution in [-0.4, -0.2) is 25.0 Å². The van der Waals surface area contributed by atoms with E-state index in [0.717, 1.165) is 11.4 Å². The molecule has 0 atom stereocenters. The van der Waals surface area contributed by atoms with Gasteiger partial charge in [0.25, 0.3) is 5.91 Å². The van der Waals surface area contributed by atoms with Crippen molar-refractivity contribution in [1.29, 1.82) is 0 Å². The molecule has 0 spiro atoms. The third-order valence-electron chi connectivity index (χ3n) is 3.04. The Kier molecular flexibility index (Phi) is 4.35. The van der Waals surface area contributed by atoms with Crippen molar-refractivity contribution >= 4 is 11.7 Å². The average molecular weight is 269 g/mol. The van der Waals surface area contributed by atoms with Crippen LogP contribution >= 0.6 is 0 Å². The molecule has 0 aliphatic heterocycles. The van der Waals surface area contributed by atoms with Gasteiger partial charge in [0, 0.05) is 32.4 Å². The minimum atomic E-state index is -0.0870. The predicted octanol–water partition coefficient (Wildman–Crippen LogP) is 2.39. The number of aromatic nitrogens is 1. The average Bonchev–Trinajstić information content (AvgIpc) is 2.46. The highest BCUT2D eigenvalue weighted by Gasteiger charge is 2.07. The van der Waals surface area contributed by atoms with Gasteiger partial charge in [0.1, 0.15) is 5.82 Å². The highest BCUT2D eigenvalue weighted by atomic mass is 16.1. The van der Waals surface area contributed by atoms with E-state index in [1.165, 1.54) is 5.56 Å². The fourth-order valence-corrected chi connectivity index (χ4v) is 1.79. The minimum Gasteiger partial charge on any atom is -0.363 e. The van der Waals surface area contributed by atoms with E-state index in [-0.39, 0.29) is 5.91 Å². The van der Waals surface area contributed by atoms with Gasteiger partial charge in [-0.05, 0) is 24.6 Å². The van der Waals surface area contributed by atoms with Crippen LogP contribution < -0.4 is 10.2 Å². The maximum absolute atomic E-state index is 12.1. The van der Waals surface area contributed by atoms with Gasteiger partial charge in [0.05, 0.1) is 0 Å². The molecule has 1 aromatic carbocycles. The van der Waals surface area contributed by atoms with Gasteiger partial charge in [0.2, 0.25) is 0 Å². The van der Waals surface area contributed by atoms with Crippen LogP contribution in [0.3, 0.4) is 0 Å². The molecule has 0 aliphatic rings. The minimum absolute atomic E-state index is 0.0870. The molecule has 0 fully saturated rings. The molecule has 0 aliphatic carbocycles. The summed E-state index contributed by atoms with van der Waals surface area (Å²) in [6, 6.07) is 11.6. The molecule has 4 nitrogen and oxygen atoms in total. The van der Waals surface area contributed by atoms with Crippen LogP contribution in [0.25, 0.3) is 0 Å². The zero-order valence-electron chi connectivity index (χ0n) is 12.1. The number of aryl methyl sites for hydroxylation is 1. The van der Waals surface area contributed by atoms with Crippen LogP contribution in [0.15, 0.2) is 42.6 Å². The lowest BCUT2D eigenvalue weighted by Gasteiger charge is -2.12. The van der Waals surface area contributed by atoms with Crippen molar-refractivity contribution < 1.29 is 4.79 Å². The molecule has 0 bridgehead atoms. The molecule has 1 heterocycles. The van der Waals surface area contributed by atoms with Crippen molar-refractivity contribution in [1.82, 2.24) is 10.3 Å². The van der Waals surface area contributed by atoms with Gasteiger partial charge in [-0.3, -0.25) is 4.79 Å². The Labute approximate surface area is 119 Å². The van der Waals surface area contributed by atoms with Crippen LogP contribution in [0, 0.1) is 6.92 Å². The van der Waals surface area contributed by atoms with Crippen molar-refractivity contribution in [2.24, 2.45) is 0 Å². The van der Waals surface area contributed by atoms with Gasteiger partial charge in [-0.1, -0.05) is 29.8 Å². The molecule has 0 saturated carbocycles. The van der Waals surface area contributed by atoms with E-state index in [1.807, 2.05) is 50.2 Å². The molecule has 4 heteroatoms. The number of pyridine rings is 1. The monoisotopic (exact) mass is 269 g/mol. The first kappa shape index (κ1) is 14.1. The number of amides is 1. The summed E-state index contributed by atoms with van der Waals surface area (Å²) in [4.78, 5) is 18.2. The largest absolute Gasteiger partial charge is 0.363 e. The molecule has 1 aromatic heterocycles. The van der Waals surface area contributed by atoms with E-state index >= 15 is 0 Å². The quantitative estimate of drug-likeness (QED) is 0.927. The van der Waals surface area contributed by atoms with Gasteiger partial charge in [-0.25, -0.2) is 4.98 Å². The predicted molar refractivity (Wildman–Crippen MR) is 80.9 cm³/mol. The Morgan fingerprint density at radius 1 is 1.20 bits per heavy atom. The van der Waals surface area contributed by atoms with Crippen LogP contribution in [0.2, 0.25) is 0 Å². The maximum atomic E-state index is 12.1. The van der Waals surface area contributed by atoms with Crippen molar-refractivity contribution in [3.63, 3.8) is 0 Å². The van der Waals surface area contributed by atoms with Crippen molar-refractivity contribution in [2.45, 2.75) is 13.5 Å². The Morgan fingerprint density at radius 2 is 1.90 bits per heavy atom. The Hall–Kier alpha value is -2.36. The fourth-order valence-electron chi connectivity index (χ4n) is 1.79. The third-order valence-corrected chi connectivity index (χ3v) is 3.04. The smallest absolute Gasteiger partial charge is 0.251 e. The van der Waals surface area contributed by atoms with Crippen LogP contribution in [0.1, 0.15) is 21.5 Å². The number of carbonyl (C=O) groups is 1. The first-order chi connectivity index (χ1) is 9.56. The number of hydrogen-bond donors (Lipinski definition) is 1. The number of nitrogens with zero attached hydrogens (tertiary/aromatic N) is 2. The molecule has 2 aromatic rings. The second-order valence-corrected chi connectivity index (χ2v) is 4.97. The normalized spacial score (nSPS) is 10.2. The molecule has 1 N–H and O–H groups in total. The Bertz CT molecular complexity index is 591. The lowest BCUT2D eigenvalue weighted by atomic mass is 10.1. The van der Waals surface area contributed by atoms with Crippen molar-refractivity contribution in [3.05, 3.63) is 59.3 Å². The topological polar surface area (TPSA) is 45.2 Å². The molecule has 1 amide bonds. The second kappa shape index (κ2) is 6.19. The van der Waals surface area contributed by atoms with Crippen LogP contribution in [0.4, 0.5) is 5.82 Å². The highest BCUT2D eigenvalue weighted by molar-refractivity contribution is 5.94. The van der Waals surface area contributed by atoms with Crippen LogP contribution in [0.5, 0.6) is 0 Å². The summed E-state index contributed by atoms with van der Waals surface area (Å²) in [7, 11) is 3.80. The summed E-state index contributed by atoms with van der Waals surface area (Å²) in [5.74, 6) is 0.684. The Morgan fingerprint density at radius 3 is 2.55 bits per heavy atom. The van der Waals surface area contributed by atoms with E-state index in [4.69, 9.17) is 0 Å². The molecule has 0 unspecified atom stereocenters. The number of anilines is 1. The summed E-state index contributed by atoms with van der Waals surface area (Å²) in [6.07, 6.45) is 1.65. The van der Waals surface area contributed by atoms with Crippen molar-refractivity contribution in [3.8, 4) is 0 Å². The second-order valence-electron chi connectivity index (χ2n) is 4.97. The summed E-state index contributed by atoms with van der Waals surface area (Å²) in [5, 5.41) is 2.92. The summed E-state index contributed by atoms with van der Waals surface area (Å²) in [6.45, 7) is 2.57. The standard InChI is InChI=1S/C16H19N3O/c1-12-4-6-13(7-5-12)11-18-16(20)14-8-9-17-15(10-14)19(2)3/h4-10H,11H2,1-3H3,(H,18,20). The maximum Gasteiger partial charge on any atom is 0.251 e. The molecule has 0 radical (unpaired) electrons. The van der Waals surface area contributed by atoms with Gasteiger partial charge < -0.3 is 10.2 Å². The number of rotatable bonds is 4. The summed E-state index contributed by atoms with van der Waals surface area (Å²) in [5.41, 5.74) is 2.92. The number of benzene rings is 1. The molecular formula is C16H19N3O. The van der Waals surface area contributed by atoms with Gasteiger partial charge in [-0.2, -0.15) is 0 Å². The third kappa shape index (κ3) is 3.57. The first-order valence-electron chi connectivity index (χ1n) is 6.53. The Balaban J connectivity index is 2.01. The van der Waals surface area contributed by atoms with E-state index in [0.29, 0.717) is 12.1 Å². The zero-order valence-corrected chi connectivity index (χ0v) is 12.1. The van der Waals surface area contributed by atoms with Crippen molar-refractivity contribution in [2.75, 3.05) is 19.0 Å². The van der Waals surface area contributed by atoms with E-state index in [9.17, 15) is 4.79 Å². The van der Waals surface area contributed by atoms with Crippen LogP contribution in [-0.2, 0) is 6.54 Å². The van der Waals surface area contributed by atoms with Gasteiger partial charge in [-0.15, -0.1) is 0 Å². The fraction of sp³-hybridized carbons (Fsp3) is 0.250. The lowest BCUT2D eigenvalue weighted by molar-refractivity contribution is 0.0951. The zero-order chi connectivity index (χ0) is 14.5. The summed E-state index contributed by atoms with van der Waals surface area (Å²) < 4.78 is 0. The first-order valence-corrected chi connectivity index (χ1v) is 6.53. The number of hydrogen-bond acceptors (Lipinski definition) is 3. The SMILES string of the molecule is Cc1ccc(CNC(=O)c2ccnc(N(C)C)c2)cc1. The number of carbonyl (C=O) groups excluding carboxylic acids is 1. The molecule has 2 rings (SSSR count). The van der Waals surface area contributed by atoms with Gasteiger partial charge >= 0.3 is 0 Å². The van der Waals surface area contributed by atoms with E-state index < -0.39 is 0 Å². The summed E-state index contributed by atoms with van der Waals surface area (Å²) >= 11 is 0. The lowest BCUT2D eigenvalue weighted by Crippen LogP contribution is -2.23. The molecule has 104 valence electrons. The number of nitrogens with one attached hydrogen (secondary N) is 1. The van der Waals surface area contributed by atoms with Gasteiger partial charge in [0.15, 0.2) is 0 Å². The highest BCUT2D eigenvalue weighted by Crippen LogP contribution is 2.10.